The fourth-order valence-electron chi connectivity index (χ4n) is 3.41. The van der Waals surface area contributed by atoms with Crippen molar-refractivity contribution in [3.8, 4) is 0 Å². The fraction of sp³-hybridized carbons (Fsp3) is 1.00. The first-order valence-electron chi connectivity index (χ1n) is 7.60. The Morgan fingerprint density at radius 1 is 1.11 bits per heavy atom. The molecule has 1 saturated heterocycles. The molecule has 19 heavy (non-hydrogen) atoms. The van der Waals surface area contributed by atoms with Crippen molar-refractivity contribution < 1.29 is 13.2 Å². The monoisotopic (exact) mass is 289 g/mol. The summed E-state index contributed by atoms with van der Waals surface area (Å²) in [6.07, 6.45) is 7.50. The molecule has 0 spiro atoms. The van der Waals surface area contributed by atoms with E-state index in [1.807, 2.05) is 7.05 Å². The third kappa shape index (κ3) is 4.17. The Morgan fingerprint density at radius 3 is 2.32 bits per heavy atom. The topological polar surface area (TPSA) is 55.4 Å². The molecule has 1 saturated carbocycles. The van der Waals surface area contributed by atoms with Crippen molar-refractivity contribution in [2.75, 3.05) is 26.0 Å². The van der Waals surface area contributed by atoms with E-state index in [1.165, 1.54) is 32.1 Å². The predicted octanol–water partition coefficient (Wildman–Crippen LogP) is 1.75. The Bertz CT molecular complexity index is 357. The summed E-state index contributed by atoms with van der Waals surface area (Å²) in [5.41, 5.74) is 0. The molecule has 1 unspecified atom stereocenters. The van der Waals surface area contributed by atoms with Crippen molar-refractivity contribution >= 4 is 9.84 Å². The second-order valence-corrected chi connectivity index (χ2v) is 8.26. The van der Waals surface area contributed by atoms with Crippen LogP contribution in [0, 0.1) is 5.92 Å². The van der Waals surface area contributed by atoms with Crippen LogP contribution in [0.2, 0.25) is 0 Å². The molecule has 1 heterocycles. The fourth-order valence-corrected chi connectivity index (χ4v) is 5.54. The van der Waals surface area contributed by atoms with Gasteiger partial charge in [-0.05, 0) is 38.6 Å². The van der Waals surface area contributed by atoms with Gasteiger partial charge in [-0.1, -0.05) is 19.3 Å². The number of rotatable bonds is 5. The van der Waals surface area contributed by atoms with Crippen LogP contribution in [0.1, 0.15) is 44.9 Å². The summed E-state index contributed by atoms with van der Waals surface area (Å²) in [5, 5.41) is 3.08. The molecule has 2 fully saturated rings. The number of nitrogens with one attached hydrogen (secondary N) is 1. The zero-order valence-corrected chi connectivity index (χ0v) is 12.8. The molecule has 0 aromatic rings. The number of hydrogen-bond acceptors (Lipinski definition) is 4. The van der Waals surface area contributed by atoms with Gasteiger partial charge in [-0.2, -0.15) is 0 Å². The molecule has 0 amide bonds. The molecule has 2 aliphatic rings. The van der Waals surface area contributed by atoms with Gasteiger partial charge in [0.15, 0.2) is 9.84 Å². The quantitative estimate of drug-likeness (QED) is 0.838. The van der Waals surface area contributed by atoms with E-state index in [1.54, 1.807) is 0 Å². The molecule has 0 radical (unpaired) electrons. The maximum atomic E-state index is 12.5. The van der Waals surface area contributed by atoms with Crippen molar-refractivity contribution in [1.82, 2.24) is 5.32 Å². The Balaban J connectivity index is 1.95. The normalized spacial score (nSPS) is 25.3. The number of hydrogen-bond donors (Lipinski definition) is 1. The molecular formula is C14H27NO3S. The number of sulfone groups is 1. The van der Waals surface area contributed by atoms with E-state index in [-0.39, 0.29) is 11.3 Å². The second kappa shape index (κ2) is 7.04. The van der Waals surface area contributed by atoms with Gasteiger partial charge in [-0.25, -0.2) is 8.42 Å². The Labute approximate surface area is 117 Å². The van der Waals surface area contributed by atoms with Gasteiger partial charge >= 0.3 is 0 Å². The van der Waals surface area contributed by atoms with E-state index < -0.39 is 9.84 Å². The largest absolute Gasteiger partial charge is 0.381 e. The van der Waals surface area contributed by atoms with Crippen LogP contribution in [0.25, 0.3) is 0 Å². The lowest BCUT2D eigenvalue weighted by Gasteiger charge is -2.31. The summed E-state index contributed by atoms with van der Waals surface area (Å²) in [4.78, 5) is 0. The maximum absolute atomic E-state index is 12.5. The lowest BCUT2D eigenvalue weighted by Crippen LogP contribution is -2.43. The summed E-state index contributed by atoms with van der Waals surface area (Å²) >= 11 is 0. The molecule has 1 N–H and O–H groups in total. The van der Waals surface area contributed by atoms with Crippen LogP contribution in [0.5, 0.6) is 0 Å². The van der Waals surface area contributed by atoms with Gasteiger partial charge in [0.25, 0.3) is 0 Å². The standard InChI is InChI=1S/C14H27NO3S/c1-15-14(12-5-3-2-4-6-12)11-19(16,17)13-7-9-18-10-8-13/h12-15H,2-11H2,1H3. The average molecular weight is 289 g/mol. The van der Waals surface area contributed by atoms with Crippen LogP contribution in [0.4, 0.5) is 0 Å². The zero-order chi connectivity index (χ0) is 13.7. The molecule has 5 heteroatoms. The molecule has 1 aliphatic carbocycles. The van der Waals surface area contributed by atoms with E-state index in [9.17, 15) is 8.42 Å². The highest BCUT2D eigenvalue weighted by Crippen LogP contribution is 2.28. The molecule has 112 valence electrons. The summed E-state index contributed by atoms with van der Waals surface area (Å²) in [7, 11) is -1.08. The Hall–Kier alpha value is -0.130. The minimum Gasteiger partial charge on any atom is -0.381 e. The van der Waals surface area contributed by atoms with Crippen LogP contribution in [0.3, 0.4) is 0 Å². The van der Waals surface area contributed by atoms with Crippen LogP contribution in [-0.2, 0) is 14.6 Å². The minimum absolute atomic E-state index is 0.133. The summed E-state index contributed by atoms with van der Waals surface area (Å²) in [5.74, 6) is 0.840. The molecule has 0 aromatic carbocycles. The van der Waals surface area contributed by atoms with Gasteiger partial charge in [0.2, 0.25) is 0 Å². The van der Waals surface area contributed by atoms with Crippen LogP contribution in [-0.4, -0.2) is 45.7 Å². The first kappa shape index (κ1) is 15.3. The van der Waals surface area contributed by atoms with Crippen LogP contribution >= 0.6 is 0 Å². The maximum Gasteiger partial charge on any atom is 0.154 e. The summed E-state index contributed by atoms with van der Waals surface area (Å²) in [6.45, 7) is 1.19. The highest BCUT2D eigenvalue weighted by molar-refractivity contribution is 7.92. The van der Waals surface area contributed by atoms with Gasteiger partial charge in [0.05, 0.1) is 11.0 Å². The van der Waals surface area contributed by atoms with Crippen LogP contribution in [0.15, 0.2) is 0 Å². The molecule has 1 atom stereocenters. The van der Waals surface area contributed by atoms with Gasteiger partial charge in [0.1, 0.15) is 0 Å². The first-order valence-corrected chi connectivity index (χ1v) is 9.31. The van der Waals surface area contributed by atoms with Gasteiger partial charge in [-0.15, -0.1) is 0 Å². The highest BCUT2D eigenvalue weighted by Gasteiger charge is 2.33. The first-order chi connectivity index (χ1) is 9.13. The zero-order valence-electron chi connectivity index (χ0n) is 11.9. The molecule has 0 bridgehead atoms. The van der Waals surface area contributed by atoms with E-state index in [2.05, 4.69) is 5.32 Å². The van der Waals surface area contributed by atoms with Crippen LogP contribution < -0.4 is 5.32 Å². The van der Waals surface area contributed by atoms with Crippen molar-refractivity contribution in [1.29, 1.82) is 0 Å². The summed E-state index contributed by atoms with van der Waals surface area (Å²) in [6, 6.07) is 0.133. The van der Waals surface area contributed by atoms with E-state index in [0.29, 0.717) is 37.7 Å². The smallest absolute Gasteiger partial charge is 0.154 e. The van der Waals surface area contributed by atoms with Crippen molar-refractivity contribution in [3.63, 3.8) is 0 Å². The van der Waals surface area contributed by atoms with Crippen molar-refractivity contribution in [3.05, 3.63) is 0 Å². The lowest BCUT2D eigenvalue weighted by molar-refractivity contribution is 0.0982. The average Bonchev–Trinajstić information content (AvgIpc) is 2.47. The molecule has 4 nitrogen and oxygen atoms in total. The third-order valence-corrected chi connectivity index (χ3v) is 6.99. The molecular weight excluding hydrogens is 262 g/mol. The van der Waals surface area contributed by atoms with Crippen molar-refractivity contribution in [2.24, 2.45) is 5.92 Å². The van der Waals surface area contributed by atoms with Crippen molar-refractivity contribution in [2.45, 2.75) is 56.2 Å². The molecule has 1 aliphatic heterocycles. The second-order valence-electron chi connectivity index (χ2n) is 5.93. The van der Waals surface area contributed by atoms with E-state index >= 15 is 0 Å². The van der Waals surface area contributed by atoms with Gasteiger partial charge in [0, 0.05) is 19.3 Å². The predicted molar refractivity (Wildman–Crippen MR) is 77.1 cm³/mol. The van der Waals surface area contributed by atoms with E-state index in [4.69, 9.17) is 4.74 Å². The van der Waals surface area contributed by atoms with Gasteiger partial charge in [-0.3, -0.25) is 0 Å². The Kier molecular flexibility index (Phi) is 5.66. The molecule has 2 rings (SSSR count). The minimum atomic E-state index is -2.99. The van der Waals surface area contributed by atoms with E-state index in [0.717, 1.165) is 0 Å². The Morgan fingerprint density at radius 2 is 1.74 bits per heavy atom. The van der Waals surface area contributed by atoms with Gasteiger partial charge < -0.3 is 10.1 Å². The number of ether oxygens (including phenoxy) is 1. The molecule has 0 aromatic heterocycles. The SMILES string of the molecule is CNC(CS(=O)(=O)C1CCOCC1)C1CCCCC1. The lowest BCUT2D eigenvalue weighted by atomic mass is 9.84. The third-order valence-electron chi connectivity index (χ3n) is 4.68. The highest BCUT2D eigenvalue weighted by atomic mass is 32.2. The summed E-state index contributed by atoms with van der Waals surface area (Å²) < 4.78 is 30.3.